The maximum Gasteiger partial charge on any atom is 0.254 e. The minimum Gasteiger partial charge on any atom is -0.358 e. The summed E-state index contributed by atoms with van der Waals surface area (Å²) in [6.07, 6.45) is 5.26. The second kappa shape index (κ2) is 8.23. The molecule has 0 bridgehead atoms. The molecule has 0 aliphatic heterocycles. The van der Waals surface area contributed by atoms with Crippen LogP contribution in [0.15, 0.2) is 40.2 Å². The quantitative estimate of drug-likeness (QED) is 0.641. The summed E-state index contributed by atoms with van der Waals surface area (Å²) in [5.74, 6) is 1.28. The molecular formula is C20H24N3OS+. The van der Waals surface area contributed by atoms with Crippen LogP contribution >= 0.6 is 11.3 Å². The number of nitrogens with zero attached hydrogens (tertiary/aromatic N) is 2. The monoisotopic (exact) mass is 354 g/mol. The number of hydrogen-bond acceptors (Lipinski definition) is 4. The van der Waals surface area contributed by atoms with Gasteiger partial charge in [-0.3, -0.25) is 0 Å². The van der Waals surface area contributed by atoms with Crippen molar-refractivity contribution in [2.45, 2.75) is 33.1 Å². The van der Waals surface area contributed by atoms with Gasteiger partial charge in [0.2, 0.25) is 5.82 Å². The smallest absolute Gasteiger partial charge is 0.254 e. The predicted molar refractivity (Wildman–Crippen MR) is 103 cm³/mol. The van der Waals surface area contributed by atoms with Gasteiger partial charge < -0.3 is 10.3 Å². The van der Waals surface area contributed by atoms with Crippen LogP contribution in [0.2, 0.25) is 0 Å². The fraction of sp³-hybridized carbons (Fsp3) is 0.300. The molecule has 0 aliphatic carbocycles. The molecule has 0 radical (unpaired) electrons. The van der Waals surface area contributed by atoms with Gasteiger partial charge in [0.25, 0.3) is 5.89 Å². The van der Waals surface area contributed by atoms with E-state index in [0.717, 1.165) is 36.3 Å². The number of hydrogen-bond donors (Lipinski definition) is 1. The van der Waals surface area contributed by atoms with Gasteiger partial charge in [0.15, 0.2) is 0 Å². The first-order chi connectivity index (χ1) is 12.2. The van der Waals surface area contributed by atoms with E-state index in [1.807, 2.05) is 17.5 Å². The molecule has 0 aliphatic rings. The molecule has 0 spiro atoms. The summed E-state index contributed by atoms with van der Waals surface area (Å²) in [4.78, 5) is 5.66. The number of aryl methyl sites for hydroxylation is 2. The van der Waals surface area contributed by atoms with E-state index in [0.29, 0.717) is 11.7 Å². The van der Waals surface area contributed by atoms with Crippen LogP contribution in [0.4, 0.5) is 0 Å². The predicted octanol–water partition coefficient (Wildman–Crippen LogP) is 4.37. The average Bonchev–Trinajstić information content (AvgIpc) is 3.28. The molecule has 2 heterocycles. The second-order valence-electron chi connectivity index (χ2n) is 6.24. The van der Waals surface area contributed by atoms with Crippen molar-refractivity contribution in [2.24, 2.45) is 0 Å². The van der Waals surface area contributed by atoms with Gasteiger partial charge in [-0.05, 0) is 61.8 Å². The molecule has 0 amide bonds. The van der Waals surface area contributed by atoms with Crippen LogP contribution < -0.4 is 5.73 Å². The van der Waals surface area contributed by atoms with E-state index in [1.165, 1.54) is 16.7 Å². The molecule has 0 unspecified atom stereocenters. The standard InChI is InChI=1S/C20H23N3OS/c1-14-8-9-15(2)17(12-14)13-16(6-3-4-10-21)20-22-19(23-24-20)18-7-5-11-25-18/h5,7-9,11-13H,3-4,6,10,21H2,1-2H3/p+1/b16-13+. The van der Waals surface area contributed by atoms with Gasteiger partial charge in [-0.15, -0.1) is 11.3 Å². The summed E-state index contributed by atoms with van der Waals surface area (Å²) in [5.41, 5.74) is 8.73. The molecule has 5 heteroatoms. The Hall–Kier alpha value is -2.24. The molecule has 130 valence electrons. The molecule has 3 aromatic rings. The van der Waals surface area contributed by atoms with Gasteiger partial charge >= 0.3 is 0 Å². The van der Waals surface area contributed by atoms with Crippen molar-refractivity contribution < 1.29 is 10.3 Å². The summed E-state index contributed by atoms with van der Waals surface area (Å²) in [5, 5.41) is 6.18. The SMILES string of the molecule is Cc1ccc(C)c(/C=C(\CCCC[NH3+])c2nc(-c3cccs3)no2)c1. The second-order valence-corrected chi connectivity index (χ2v) is 7.19. The molecule has 1 aromatic carbocycles. The molecule has 0 fully saturated rings. The average molecular weight is 354 g/mol. The van der Waals surface area contributed by atoms with E-state index >= 15 is 0 Å². The Morgan fingerprint density at radius 1 is 1.24 bits per heavy atom. The summed E-state index contributed by atoms with van der Waals surface area (Å²) < 4.78 is 5.59. The van der Waals surface area contributed by atoms with Crippen molar-refractivity contribution in [3.8, 4) is 10.7 Å². The molecule has 3 N–H and O–H groups in total. The molecule has 0 saturated heterocycles. The Kier molecular flexibility index (Phi) is 5.79. The number of allylic oxidation sites excluding steroid dienone is 1. The van der Waals surface area contributed by atoms with Gasteiger partial charge in [0.05, 0.1) is 11.4 Å². The van der Waals surface area contributed by atoms with Crippen LogP contribution in [0.5, 0.6) is 0 Å². The fourth-order valence-electron chi connectivity index (χ4n) is 2.70. The Morgan fingerprint density at radius 2 is 2.12 bits per heavy atom. The van der Waals surface area contributed by atoms with E-state index in [-0.39, 0.29) is 0 Å². The molecule has 0 atom stereocenters. The summed E-state index contributed by atoms with van der Waals surface area (Å²) in [6, 6.07) is 10.5. The van der Waals surface area contributed by atoms with Gasteiger partial charge in [-0.2, -0.15) is 4.98 Å². The zero-order valence-corrected chi connectivity index (χ0v) is 15.6. The number of quaternary nitrogens is 1. The van der Waals surface area contributed by atoms with E-state index in [2.05, 4.69) is 54.0 Å². The minimum absolute atomic E-state index is 0.619. The highest BCUT2D eigenvalue weighted by Gasteiger charge is 2.14. The van der Waals surface area contributed by atoms with Crippen LogP contribution in [-0.2, 0) is 0 Å². The molecule has 4 nitrogen and oxygen atoms in total. The van der Waals surface area contributed by atoms with Crippen molar-refractivity contribution in [2.75, 3.05) is 6.54 Å². The first-order valence-electron chi connectivity index (χ1n) is 8.62. The third kappa shape index (κ3) is 4.44. The fourth-order valence-corrected chi connectivity index (χ4v) is 3.35. The van der Waals surface area contributed by atoms with Gasteiger partial charge in [-0.1, -0.05) is 35.0 Å². The van der Waals surface area contributed by atoms with E-state index in [1.54, 1.807) is 11.3 Å². The third-order valence-corrected chi connectivity index (χ3v) is 5.02. The van der Waals surface area contributed by atoms with Crippen molar-refractivity contribution in [1.29, 1.82) is 0 Å². The zero-order chi connectivity index (χ0) is 17.6. The molecular weight excluding hydrogens is 330 g/mol. The topological polar surface area (TPSA) is 66.6 Å². The van der Waals surface area contributed by atoms with Gasteiger partial charge in [-0.25, -0.2) is 0 Å². The molecule has 2 aromatic heterocycles. The maximum atomic E-state index is 5.59. The number of benzene rings is 1. The van der Waals surface area contributed by atoms with E-state index in [4.69, 9.17) is 4.52 Å². The minimum atomic E-state index is 0.619. The van der Waals surface area contributed by atoms with E-state index in [9.17, 15) is 0 Å². The number of thiophene rings is 1. The van der Waals surface area contributed by atoms with Crippen molar-refractivity contribution in [3.63, 3.8) is 0 Å². The number of aromatic nitrogens is 2. The van der Waals surface area contributed by atoms with Crippen LogP contribution in [0.1, 0.15) is 41.8 Å². The maximum absolute atomic E-state index is 5.59. The van der Waals surface area contributed by atoms with Gasteiger partial charge in [0.1, 0.15) is 0 Å². The van der Waals surface area contributed by atoms with Crippen molar-refractivity contribution >= 4 is 23.0 Å². The van der Waals surface area contributed by atoms with Crippen LogP contribution in [0.25, 0.3) is 22.4 Å². The van der Waals surface area contributed by atoms with Crippen LogP contribution in [0, 0.1) is 13.8 Å². The van der Waals surface area contributed by atoms with Gasteiger partial charge in [0, 0.05) is 5.57 Å². The molecule has 25 heavy (non-hydrogen) atoms. The highest BCUT2D eigenvalue weighted by Crippen LogP contribution is 2.28. The van der Waals surface area contributed by atoms with Crippen LogP contribution in [0.3, 0.4) is 0 Å². The summed E-state index contributed by atoms with van der Waals surface area (Å²) in [7, 11) is 0. The summed E-state index contributed by atoms with van der Waals surface area (Å²) in [6.45, 7) is 5.19. The summed E-state index contributed by atoms with van der Waals surface area (Å²) >= 11 is 1.62. The lowest BCUT2D eigenvalue weighted by Crippen LogP contribution is -2.50. The Morgan fingerprint density at radius 3 is 2.88 bits per heavy atom. The molecule has 0 saturated carbocycles. The lowest BCUT2D eigenvalue weighted by Gasteiger charge is -2.06. The van der Waals surface area contributed by atoms with Crippen molar-refractivity contribution in [3.05, 3.63) is 58.3 Å². The first kappa shape index (κ1) is 17.6. The first-order valence-corrected chi connectivity index (χ1v) is 9.50. The van der Waals surface area contributed by atoms with Crippen LogP contribution in [-0.4, -0.2) is 16.7 Å². The van der Waals surface area contributed by atoms with Crippen molar-refractivity contribution in [1.82, 2.24) is 10.1 Å². The highest BCUT2D eigenvalue weighted by molar-refractivity contribution is 7.13. The van der Waals surface area contributed by atoms with E-state index < -0.39 is 0 Å². The number of unbranched alkanes of at least 4 members (excludes halogenated alkanes) is 1. The molecule has 3 rings (SSSR count). The number of rotatable bonds is 7. The zero-order valence-electron chi connectivity index (χ0n) is 14.8. The third-order valence-electron chi connectivity index (χ3n) is 4.15. The normalized spacial score (nSPS) is 11.9. The Labute approximate surface area is 152 Å². The Balaban J connectivity index is 1.94. The Bertz CT molecular complexity index is 850. The highest BCUT2D eigenvalue weighted by atomic mass is 32.1. The largest absolute Gasteiger partial charge is 0.358 e. The lowest BCUT2D eigenvalue weighted by molar-refractivity contribution is -0.368. The lowest BCUT2D eigenvalue weighted by atomic mass is 10.0.